The SMILES string of the molecule is CCn1c(SC)nnc1-c1nn(C)c2c1CN(C(=O)c1ccnn1C)CC2. The molecule has 0 fully saturated rings. The molecule has 0 aliphatic carbocycles. The van der Waals surface area contributed by atoms with Crippen molar-refractivity contribution in [3.8, 4) is 11.5 Å². The highest BCUT2D eigenvalue weighted by atomic mass is 32.2. The van der Waals surface area contributed by atoms with Gasteiger partial charge in [0.05, 0.1) is 6.54 Å². The quantitative estimate of drug-likeness (QED) is 0.629. The Labute approximate surface area is 161 Å². The van der Waals surface area contributed by atoms with Gasteiger partial charge in [-0.15, -0.1) is 10.2 Å². The normalized spacial score (nSPS) is 13.9. The largest absolute Gasteiger partial charge is 0.332 e. The lowest BCUT2D eigenvalue weighted by Crippen LogP contribution is -2.37. The Morgan fingerprint density at radius 1 is 1.26 bits per heavy atom. The van der Waals surface area contributed by atoms with Crippen molar-refractivity contribution in [2.45, 2.75) is 31.6 Å². The molecular weight excluding hydrogens is 364 g/mol. The van der Waals surface area contributed by atoms with Crippen molar-refractivity contribution in [2.75, 3.05) is 12.8 Å². The minimum atomic E-state index is -0.0165. The predicted molar refractivity (Wildman–Crippen MR) is 101 cm³/mol. The van der Waals surface area contributed by atoms with Crippen molar-refractivity contribution < 1.29 is 4.79 Å². The standard InChI is InChI=1S/C17H22N8OS/c1-5-25-15(19-20-17(25)27-4)14-11-10-24(9-7-12(11)23(3)21-14)16(26)13-6-8-18-22(13)2/h6,8H,5,7,9-10H2,1-4H3. The number of hydrogen-bond donors (Lipinski definition) is 0. The van der Waals surface area contributed by atoms with Crippen molar-refractivity contribution >= 4 is 17.7 Å². The van der Waals surface area contributed by atoms with Crippen LogP contribution in [0.4, 0.5) is 0 Å². The molecule has 0 radical (unpaired) electrons. The molecule has 1 aliphatic heterocycles. The van der Waals surface area contributed by atoms with Crippen LogP contribution in [0.1, 0.15) is 28.7 Å². The molecule has 0 saturated heterocycles. The second-order valence-corrected chi connectivity index (χ2v) is 7.24. The number of fused-ring (bicyclic) bond motifs is 1. The first kappa shape index (κ1) is 17.8. The van der Waals surface area contributed by atoms with Gasteiger partial charge in [-0.25, -0.2) is 0 Å². The second kappa shape index (κ2) is 6.84. The summed E-state index contributed by atoms with van der Waals surface area (Å²) in [4.78, 5) is 14.8. The van der Waals surface area contributed by atoms with Crippen LogP contribution in [0, 0.1) is 0 Å². The molecule has 0 unspecified atom stereocenters. The summed E-state index contributed by atoms with van der Waals surface area (Å²) >= 11 is 1.57. The molecule has 0 spiro atoms. The molecule has 1 aliphatic rings. The minimum absolute atomic E-state index is 0.0165. The molecule has 9 nitrogen and oxygen atoms in total. The first-order valence-electron chi connectivity index (χ1n) is 8.84. The molecule has 27 heavy (non-hydrogen) atoms. The van der Waals surface area contributed by atoms with Gasteiger partial charge in [-0.1, -0.05) is 11.8 Å². The molecule has 0 bridgehead atoms. The van der Waals surface area contributed by atoms with Gasteiger partial charge in [0, 0.05) is 51.1 Å². The molecule has 1 amide bonds. The fraction of sp³-hybridized carbons (Fsp3) is 0.471. The van der Waals surface area contributed by atoms with Gasteiger partial charge in [0.25, 0.3) is 5.91 Å². The summed E-state index contributed by atoms with van der Waals surface area (Å²) in [5.41, 5.74) is 3.60. The summed E-state index contributed by atoms with van der Waals surface area (Å²) in [6.07, 6.45) is 4.39. The van der Waals surface area contributed by atoms with Crippen LogP contribution in [0.2, 0.25) is 0 Å². The van der Waals surface area contributed by atoms with Gasteiger partial charge in [0.1, 0.15) is 11.4 Å². The van der Waals surface area contributed by atoms with Crippen LogP contribution in [-0.4, -0.2) is 57.9 Å². The van der Waals surface area contributed by atoms with Crippen LogP contribution in [0.5, 0.6) is 0 Å². The Morgan fingerprint density at radius 3 is 2.74 bits per heavy atom. The van der Waals surface area contributed by atoms with Crippen LogP contribution >= 0.6 is 11.8 Å². The average Bonchev–Trinajstić information content (AvgIpc) is 3.37. The minimum Gasteiger partial charge on any atom is -0.332 e. The van der Waals surface area contributed by atoms with E-state index in [-0.39, 0.29) is 5.91 Å². The summed E-state index contributed by atoms with van der Waals surface area (Å²) in [5.74, 6) is 0.741. The Bertz CT molecular complexity index is 1000. The van der Waals surface area contributed by atoms with E-state index in [4.69, 9.17) is 5.10 Å². The van der Waals surface area contributed by atoms with Crippen LogP contribution in [0.3, 0.4) is 0 Å². The molecule has 3 aromatic heterocycles. The topological polar surface area (TPSA) is 86.7 Å². The summed E-state index contributed by atoms with van der Waals surface area (Å²) in [6.45, 7) is 4.00. The molecule has 10 heteroatoms. The summed E-state index contributed by atoms with van der Waals surface area (Å²) in [5, 5.41) is 18.4. The van der Waals surface area contributed by atoms with Crippen molar-refractivity contribution in [1.29, 1.82) is 0 Å². The molecule has 0 N–H and O–H groups in total. The third-order valence-corrected chi connectivity index (χ3v) is 5.66. The molecule has 4 heterocycles. The molecular formula is C17H22N8OS. The van der Waals surface area contributed by atoms with E-state index in [0.29, 0.717) is 18.8 Å². The van der Waals surface area contributed by atoms with Gasteiger partial charge in [0.2, 0.25) is 0 Å². The van der Waals surface area contributed by atoms with E-state index in [9.17, 15) is 4.79 Å². The number of aryl methyl sites for hydroxylation is 2. The fourth-order valence-electron chi connectivity index (χ4n) is 3.59. The molecule has 4 rings (SSSR count). The maximum absolute atomic E-state index is 12.9. The average molecular weight is 386 g/mol. The number of thioether (sulfide) groups is 1. The van der Waals surface area contributed by atoms with E-state index < -0.39 is 0 Å². The number of rotatable bonds is 4. The van der Waals surface area contributed by atoms with E-state index in [0.717, 1.165) is 40.9 Å². The highest BCUT2D eigenvalue weighted by Gasteiger charge is 2.30. The van der Waals surface area contributed by atoms with Crippen molar-refractivity contribution in [3.63, 3.8) is 0 Å². The number of carbonyl (C=O) groups is 1. The van der Waals surface area contributed by atoms with Gasteiger partial charge in [-0.3, -0.25) is 14.2 Å². The lowest BCUT2D eigenvalue weighted by atomic mass is 10.0. The van der Waals surface area contributed by atoms with Gasteiger partial charge >= 0.3 is 0 Å². The number of nitrogens with zero attached hydrogens (tertiary/aromatic N) is 8. The monoisotopic (exact) mass is 386 g/mol. The van der Waals surface area contributed by atoms with E-state index in [2.05, 4.69) is 26.8 Å². The van der Waals surface area contributed by atoms with Crippen LogP contribution < -0.4 is 0 Å². The van der Waals surface area contributed by atoms with Crippen molar-refractivity contribution in [2.24, 2.45) is 14.1 Å². The summed E-state index contributed by atoms with van der Waals surface area (Å²) in [6, 6.07) is 1.75. The number of carbonyl (C=O) groups excluding carboxylic acids is 1. The van der Waals surface area contributed by atoms with Gasteiger partial charge in [-0.2, -0.15) is 10.2 Å². The zero-order valence-electron chi connectivity index (χ0n) is 15.9. The zero-order valence-corrected chi connectivity index (χ0v) is 16.7. The zero-order chi connectivity index (χ0) is 19.1. The third kappa shape index (κ3) is 2.84. The van der Waals surface area contributed by atoms with E-state index >= 15 is 0 Å². The molecule has 0 atom stereocenters. The predicted octanol–water partition coefficient (Wildman–Crippen LogP) is 1.35. The summed E-state index contributed by atoms with van der Waals surface area (Å²) < 4.78 is 5.58. The maximum Gasteiger partial charge on any atom is 0.272 e. The van der Waals surface area contributed by atoms with E-state index in [1.165, 1.54) is 0 Å². The second-order valence-electron chi connectivity index (χ2n) is 6.47. The molecule has 142 valence electrons. The van der Waals surface area contributed by atoms with E-state index in [1.807, 2.05) is 22.9 Å². The number of aromatic nitrogens is 7. The van der Waals surface area contributed by atoms with E-state index in [1.54, 1.807) is 35.8 Å². The molecule has 0 saturated carbocycles. The van der Waals surface area contributed by atoms with Gasteiger partial charge in [-0.05, 0) is 19.2 Å². The lowest BCUT2D eigenvalue weighted by Gasteiger charge is -2.27. The Morgan fingerprint density at radius 2 is 2.07 bits per heavy atom. The third-order valence-electron chi connectivity index (χ3n) is 5.00. The summed E-state index contributed by atoms with van der Waals surface area (Å²) in [7, 11) is 3.73. The van der Waals surface area contributed by atoms with Gasteiger partial charge < -0.3 is 9.47 Å². The smallest absolute Gasteiger partial charge is 0.272 e. The first-order valence-corrected chi connectivity index (χ1v) is 10.1. The van der Waals surface area contributed by atoms with Crippen LogP contribution in [0.15, 0.2) is 17.4 Å². The lowest BCUT2D eigenvalue weighted by molar-refractivity contribution is 0.0722. The van der Waals surface area contributed by atoms with Crippen LogP contribution in [0.25, 0.3) is 11.5 Å². The number of hydrogen-bond acceptors (Lipinski definition) is 6. The number of amides is 1. The molecule has 0 aromatic carbocycles. The van der Waals surface area contributed by atoms with Crippen LogP contribution in [-0.2, 0) is 33.6 Å². The highest BCUT2D eigenvalue weighted by Crippen LogP contribution is 2.31. The van der Waals surface area contributed by atoms with Gasteiger partial charge in [0.15, 0.2) is 11.0 Å². The van der Waals surface area contributed by atoms with Crippen molar-refractivity contribution in [3.05, 3.63) is 29.2 Å². The Balaban J connectivity index is 1.73. The Hall–Kier alpha value is -2.62. The molecule has 3 aromatic rings. The first-order chi connectivity index (χ1) is 13.0. The van der Waals surface area contributed by atoms with Crippen molar-refractivity contribution in [1.82, 2.24) is 39.2 Å². The fourth-order valence-corrected chi connectivity index (χ4v) is 4.15. The maximum atomic E-state index is 12.9. The Kier molecular flexibility index (Phi) is 4.50. The highest BCUT2D eigenvalue weighted by molar-refractivity contribution is 7.98.